The van der Waals surface area contributed by atoms with Crippen LogP contribution < -0.4 is 31.2 Å². The summed E-state index contributed by atoms with van der Waals surface area (Å²) in [4.78, 5) is 139. The number of aromatic nitrogens is 4. The van der Waals surface area contributed by atoms with Crippen LogP contribution in [0.3, 0.4) is 0 Å². The molecular weight excluding hydrogens is 1220 g/mol. The molecule has 14 bridgehead atoms. The van der Waals surface area contributed by atoms with E-state index in [2.05, 4.69) is 21.3 Å². The molecule has 0 saturated heterocycles. The number of fused-ring (bicyclic) bond motifs is 19. The average molecular weight is 1290 g/mol. The first-order valence-electron chi connectivity index (χ1n) is 30.8. The number of nitrogens with one attached hydrogen (secondary N) is 4. The van der Waals surface area contributed by atoms with Crippen molar-refractivity contribution in [3.63, 3.8) is 0 Å². The molecule has 6 aliphatic rings. The van der Waals surface area contributed by atoms with Crippen LogP contribution in [0.1, 0.15) is 74.1 Å². The van der Waals surface area contributed by atoms with Gasteiger partial charge in [0.25, 0.3) is 0 Å². The maximum atomic E-state index is 14.6. The summed E-state index contributed by atoms with van der Waals surface area (Å²) in [7, 11) is 0. The van der Waals surface area contributed by atoms with Gasteiger partial charge in [0.05, 0.1) is 35.6 Å². The third-order valence-corrected chi connectivity index (χ3v) is 16.9. The SMILES string of the molecule is O=C(O)CCC(=O)N1CCC(=O)Nc2ccccc2-c2c3nc(c4c5ccc([n-]5)c5c6nc(c(c7ccc2[n-]7)-c2ccccc2NC(=O)CCN(CCC(=O)Nc2ccccc2-5)CCN(CC1)CCN(C(=O)CCC(=O)O)CCC(=O)Nc1ccccc1-4)C=C6)C=C3.[Fe+2]. The van der Waals surface area contributed by atoms with Gasteiger partial charge >= 0.3 is 29.0 Å². The third kappa shape index (κ3) is 14.9. The van der Waals surface area contributed by atoms with Crippen molar-refractivity contribution in [3.8, 4) is 44.5 Å². The van der Waals surface area contributed by atoms with Crippen LogP contribution in [0.4, 0.5) is 22.7 Å². The number of para-hydroxylation sites is 4. The molecule has 6 amide bonds. The quantitative estimate of drug-likeness (QED) is 0.0847. The molecule has 0 saturated carbocycles. The van der Waals surface area contributed by atoms with Gasteiger partial charge < -0.3 is 56.1 Å². The van der Waals surface area contributed by atoms with Crippen molar-refractivity contribution in [2.24, 2.45) is 0 Å². The summed E-state index contributed by atoms with van der Waals surface area (Å²) < 4.78 is 0. The molecule has 22 nitrogen and oxygen atoms in total. The number of benzene rings is 4. The number of carboxylic acid groups (broad SMARTS) is 2. The van der Waals surface area contributed by atoms with Crippen molar-refractivity contribution in [1.82, 2.24) is 39.5 Å². The average Bonchev–Trinajstić information content (AvgIpc) is 1.75. The van der Waals surface area contributed by atoms with Gasteiger partial charge in [0.1, 0.15) is 0 Å². The van der Waals surface area contributed by atoms with Crippen molar-refractivity contribution in [3.05, 3.63) is 144 Å². The second-order valence-corrected chi connectivity index (χ2v) is 23.0. The molecular formula is C70H66FeN12O10. The van der Waals surface area contributed by atoms with E-state index in [-0.39, 0.29) is 133 Å². The van der Waals surface area contributed by atoms with Gasteiger partial charge in [-0.3, -0.25) is 43.3 Å². The summed E-state index contributed by atoms with van der Waals surface area (Å²) in [6.45, 7) is 0.914. The Morgan fingerprint density at radius 3 is 0.935 bits per heavy atom. The van der Waals surface area contributed by atoms with Crippen LogP contribution in [0.15, 0.2) is 121 Å². The molecule has 0 fully saturated rings. The molecule has 93 heavy (non-hydrogen) atoms. The number of hydrogen-bond donors (Lipinski definition) is 6. The second kappa shape index (κ2) is 28.9. The van der Waals surface area contributed by atoms with Crippen molar-refractivity contribution >= 4 is 117 Å². The monoisotopic (exact) mass is 1290 g/mol. The second-order valence-electron chi connectivity index (χ2n) is 23.0. The zero-order chi connectivity index (χ0) is 63.8. The van der Waals surface area contributed by atoms with Crippen LogP contribution in [-0.2, 0) is 55.4 Å². The first-order chi connectivity index (χ1) is 44.7. The number of rotatable bonds is 6. The van der Waals surface area contributed by atoms with Crippen LogP contribution >= 0.6 is 0 Å². The van der Waals surface area contributed by atoms with Crippen LogP contribution in [-0.4, -0.2) is 153 Å². The van der Waals surface area contributed by atoms with Crippen LogP contribution in [0.5, 0.6) is 0 Å². The first kappa shape index (κ1) is 64.2. The van der Waals surface area contributed by atoms with E-state index in [1.165, 1.54) is 9.80 Å². The minimum Gasteiger partial charge on any atom is -0.657 e. The molecule has 9 heterocycles. The Hall–Kier alpha value is -10.3. The Morgan fingerprint density at radius 1 is 0.366 bits per heavy atom. The summed E-state index contributed by atoms with van der Waals surface area (Å²) in [5.74, 6) is -4.90. The molecule has 0 aliphatic carbocycles. The largest absolute Gasteiger partial charge is 2.00 e. The molecule has 23 heteroatoms. The minimum atomic E-state index is -1.18. The Bertz CT molecular complexity index is 4100. The first-order valence-corrected chi connectivity index (χ1v) is 30.8. The predicted octanol–water partition coefficient (Wildman–Crippen LogP) is 8.93. The summed E-state index contributed by atoms with van der Waals surface area (Å²) in [5.41, 5.74) is 9.98. The van der Waals surface area contributed by atoms with E-state index in [1.54, 1.807) is 24.3 Å². The van der Waals surface area contributed by atoms with Crippen molar-refractivity contribution in [2.75, 3.05) is 86.7 Å². The zero-order valence-corrected chi connectivity index (χ0v) is 51.8. The number of carboxylic acids is 2. The van der Waals surface area contributed by atoms with Crippen LogP contribution in [0, 0.1) is 0 Å². The van der Waals surface area contributed by atoms with E-state index in [0.717, 1.165) is 0 Å². The molecule has 0 atom stereocenters. The van der Waals surface area contributed by atoms with Crippen molar-refractivity contribution in [2.45, 2.75) is 51.4 Å². The number of carbonyl (C=O) groups excluding carboxylic acids is 6. The molecule has 0 unspecified atom stereocenters. The molecule has 6 aliphatic heterocycles. The van der Waals surface area contributed by atoms with E-state index in [9.17, 15) is 48.6 Å². The molecule has 0 spiro atoms. The molecule has 3 aromatic heterocycles. The summed E-state index contributed by atoms with van der Waals surface area (Å²) in [6.07, 6.45) is 5.43. The Balaban J connectivity index is 0.00000884. The van der Waals surface area contributed by atoms with Gasteiger partial charge in [0.2, 0.25) is 35.4 Å². The summed E-state index contributed by atoms with van der Waals surface area (Å²) in [6, 6.07) is 36.9. The van der Waals surface area contributed by atoms with Gasteiger partial charge in [-0.2, -0.15) is 0 Å². The van der Waals surface area contributed by atoms with Gasteiger partial charge in [-0.25, -0.2) is 9.97 Å². The van der Waals surface area contributed by atoms with Gasteiger partial charge in [-0.1, -0.05) is 97.1 Å². The number of aliphatic carboxylic acids is 2. The molecule has 6 N–H and O–H groups in total. The smallest absolute Gasteiger partial charge is 0.657 e. The van der Waals surface area contributed by atoms with E-state index in [1.807, 2.05) is 131 Å². The molecule has 7 aromatic rings. The minimum absolute atomic E-state index is 0. The van der Waals surface area contributed by atoms with Crippen LogP contribution in [0.25, 0.3) is 90.9 Å². The van der Waals surface area contributed by atoms with Crippen molar-refractivity contribution < 1.29 is 65.6 Å². The summed E-state index contributed by atoms with van der Waals surface area (Å²) >= 11 is 0. The maximum absolute atomic E-state index is 14.6. The standard InChI is InChI=1S/C70H68N12O10.Fe/c83-59-29-33-79-34-30-60(84)76-48-14-6-2-10-44(48)68-52-18-17-51(71-52)67(43-9-1-5-13-47(43)75-59)53-19-21-55(72-53)69-45-11-3-7-15-49(45)77-61(85)31-35-81(63(87)25-27-65(89)90)41-39-80(38-37-79)40-42-82(64(88)26-28-66(91)92)36-32-62(86)78-50-16-8-4-12-46(50)70(56-22-20-54(68)73-56)58-24-23-57(69)74-58;/h1-24H,25-42H2,(H8,71,72,73,74,75,76,77,78,83,84,85,86,89,90,91,92);/q;+2/p-2. The Morgan fingerprint density at radius 2 is 0.634 bits per heavy atom. The number of nitrogens with zero attached hydrogens (tertiary/aromatic N) is 8. The predicted molar refractivity (Wildman–Crippen MR) is 351 cm³/mol. The van der Waals surface area contributed by atoms with Crippen molar-refractivity contribution in [1.29, 1.82) is 0 Å². The van der Waals surface area contributed by atoms with E-state index < -0.39 is 48.4 Å². The number of carbonyl (C=O) groups is 8. The fourth-order valence-electron chi connectivity index (χ4n) is 12.2. The topological polar surface area (TPSA) is 292 Å². The van der Waals surface area contributed by atoms with Crippen LogP contribution in [0.2, 0.25) is 0 Å². The number of anilines is 4. The number of hydrogen-bond acceptors (Lipinski definition) is 12. The third-order valence-electron chi connectivity index (χ3n) is 16.9. The van der Waals surface area contributed by atoms with Gasteiger partial charge in [0.15, 0.2) is 0 Å². The Kier molecular flexibility index (Phi) is 19.9. The fourth-order valence-corrected chi connectivity index (χ4v) is 12.2. The van der Waals surface area contributed by atoms with E-state index >= 15 is 0 Å². The molecule has 0 radical (unpaired) electrons. The molecule has 474 valence electrons. The van der Waals surface area contributed by atoms with Gasteiger partial charge in [-0.15, -0.1) is 22.1 Å². The summed E-state index contributed by atoms with van der Waals surface area (Å²) in [5, 5.41) is 32.1. The maximum Gasteiger partial charge on any atom is 2.00 e. The molecule has 13 rings (SSSR count). The molecule has 4 aromatic carbocycles. The number of amides is 6. The fraction of sp³-hybridized carbons (Fsp3) is 0.257. The van der Waals surface area contributed by atoms with E-state index in [0.29, 0.717) is 112 Å². The Labute approximate surface area is 545 Å². The van der Waals surface area contributed by atoms with Gasteiger partial charge in [-0.05, 0) is 70.8 Å². The zero-order valence-electron chi connectivity index (χ0n) is 50.7. The normalized spacial score (nSPS) is 17.1. The van der Waals surface area contributed by atoms with E-state index in [4.69, 9.17) is 19.9 Å². The van der Waals surface area contributed by atoms with Gasteiger partial charge in [0, 0.05) is 149 Å².